The van der Waals surface area contributed by atoms with Crippen molar-refractivity contribution in [3.05, 3.63) is 35.6 Å². The van der Waals surface area contributed by atoms with Gasteiger partial charge in [-0.25, -0.2) is 4.39 Å². The predicted octanol–water partition coefficient (Wildman–Crippen LogP) is 1.94. The first kappa shape index (κ1) is 19.7. The van der Waals surface area contributed by atoms with Gasteiger partial charge in [0.05, 0.1) is 12.1 Å². The van der Waals surface area contributed by atoms with Crippen LogP contribution in [-0.4, -0.2) is 52.2 Å². The number of amides is 2. The van der Waals surface area contributed by atoms with E-state index in [-0.39, 0.29) is 36.3 Å². The maximum absolute atomic E-state index is 13.2. The molecule has 2 aliphatic heterocycles. The van der Waals surface area contributed by atoms with Gasteiger partial charge in [-0.05, 0) is 37.0 Å². The molecule has 1 saturated heterocycles. The Morgan fingerprint density at radius 2 is 1.97 bits per heavy atom. The SMILES string of the molecule is CCCC1=NNC2C(=O)N(CC(=O)NCc3ccc(F)cc3)C3CCCCC3N12. The largest absolute Gasteiger partial charge is 0.350 e. The van der Waals surface area contributed by atoms with Crippen molar-refractivity contribution in [2.75, 3.05) is 6.54 Å². The molecule has 1 aliphatic carbocycles. The topological polar surface area (TPSA) is 77.0 Å². The van der Waals surface area contributed by atoms with Crippen LogP contribution in [0.25, 0.3) is 0 Å². The van der Waals surface area contributed by atoms with Crippen molar-refractivity contribution in [1.29, 1.82) is 0 Å². The maximum Gasteiger partial charge on any atom is 0.268 e. The van der Waals surface area contributed by atoms with Crippen LogP contribution in [0.15, 0.2) is 29.4 Å². The van der Waals surface area contributed by atoms with E-state index in [0.29, 0.717) is 6.54 Å². The first-order valence-electron chi connectivity index (χ1n) is 10.5. The summed E-state index contributed by atoms with van der Waals surface area (Å²) >= 11 is 0. The summed E-state index contributed by atoms with van der Waals surface area (Å²) in [6, 6.07) is 6.27. The Bertz CT molecular complexity index is 797. The molecule has 7 nitrogen and oxygen atoms in total. The Hall–Kier alpha value is -2.64. The average molecular weight is 401 g/mol. The number of hydrogen-bond donors (Lipinski definition) is 2. The lowest BCUT2D eigenvalue weighted by Crippen LogP contribution is -2.70. The molecule has 1 saturated carbocycles. The quantitative estimate of drug-likeness (QED) is 0.764. The van der Waals surface area contributed by atoms with Crippen LogP contribution < -0.4 is 10.7 Å². The fraction of sp³-hybridized carbons (Fsp3) is 0.571. The van der Waals surface area contributed by atoms with Crippen LogP contribution in [0, 0.1) is 5.82 Å². The Morgan fingerprint density at radius 3 is 2.69 bits per heavy atom. The van der Waals surface area contributed by atoms with E-state index >= 15 is 0 Å². The average Bonchev–Trinajstić information content (AvgIpc) is 3.15. The number of hydrogen-bond acceptors (Lipinski definition) is 5. The summed E-state index contributed by atoms with van der Waals surface area (Å²) in [4.78, 5) is 29.7. The van der Waals surface area contributed by atoms with Crippen molar-refractivity contribution in [2.45, 2.75) is 70.2 Å². The number of benzene rings is 1. The monoisotopic (exact) mass is 401 g/mol. The van der Waals surface area contributed by atoms with E-state index in [2.05, 4.69) is 27.7 Å². The van der Waals surface area contributed by atoms with Crippen molar-refractivity contribution in [3.63, 3.8) is 0 Å². The summed E-state index contributed by atoms with van der Waals surface area (Å²) in [5.74, 6) is 0.372. The molecule has 8 heteroatoms. The number of halogens is 1. The lowest BCUT2D eigenvalue weighted by molar-refractivity contribution is -0.152. The number of nitrogens with one attached hydrogen (secondary N) is 2. The number of carbonyl (C=O) groups is 2. The minimum Gasteiger partial charge on any atom is -0.350 e. The van der Waals surface area contributed by atoms with Crippen LogP contribution in [0.4, 0.5) is 4.39 Å². The van der Waals surface area contributed by atoms with E-state index in [4.69, 9.17) is 0 Å². The van der Waals surface area contributed by atoms with Gasteiger partial charge in [-0.15, -0.1) is 0 Å². The third kappa shape index (κ3) is 3.93. The van der Waals surface area contributed by atoms with Crippen LogP contribution in [0.1, 0.15) is 51.0 Å². The number of fused-ring (bicyclic) bond motifs is 3. The molecule has 3 atom stereocenters. The molecular weight excluding hydrogens is 373 g/mol. The smallest absolute Gasteiger partial charge is 0.268 e. The molecular formula is C21H28FN5O2. The van der Waals surface area contributed by atoms with Crippen LogP contribution >= 0.6 is 0 Å². The molecule has 4 rings (SSSR count). The fourth-order valence-electron chi connectivity index (χ4n) is 4.68. The molecule has 2 fully saturated rings. The lowest BCUT2D eigenvalue weighted by Gasteiger charge is -2.51. The third-order valence-corrected chi connectivity index (χ3v) is 6.05. The number of nitrogens with zero attached hydrogens (tertiary/aromatic N) is 3. The Labute approximate surface area is 170 Å². The van der Waals surface area contributed by atoms with Crippen molar-refractivity contribution in [3.8, 4) is 0 Å². The summed E-state index contributed by atoms with van der Waals surface area (Å²) in [6.07, 6.45) is 5.43. The highest BCUT2D eigenvalue weighted by Crippen LogP contribution is 2.35. The van der Waals surface area contributed by atoms with Gasteiger partial charge in [0.25, 0.3) is 5.91 Å². The molecule has 0 spiro atoms. The maximum atomic E-state index is 13.2. The van der Waals surface area contributed by atoms with Gasteiger partial charge < -0.3 is 15.1 Å². The van der Waals surface area contributed by atoms with Gasteiger partial charge in [-0.2, -0.15) is 5.10 Å². The van der Waals surface area contributed by atoms with Crippen LogP contribution in [0.2, 0.25) is 0 Å². The predicted molar refractivity (Wildman–Crippen MR) is 107 cm³/mol. The van der Waals surface area contributed by atoms with Crippen molar-refractivity contribution in [1.82, 2.24) is 20.5 Å². The highest BCUT2D eigenvalue weighted by atomic mass is 19.1. The molecule has 0 radical (unpaired) electrons. The van der Waals surface area contributed by atoms with Crippen LogP contribution in [0.5, 0.6) is 0 Å². The lowest BCUT2D eigenvalue weighted by atomic mass is 9.85. The normalized spacial score (nSPS) is 25.8. The van der Waals surface area contributed by atoms with Crippen molar-refractivity contribution < 1.29 is 14.0 Å². The second-order valence-electron chi connectivity index (χ2n) is 8.01. The zero-order valence-corrected chi connectivity index (χ0v) is 16.7. The molecule has 156 valence electrons. The van der Waals surface area contributed by atoms with Crippen LogP contribution in [0.3, 0.4) is 0 Å². The number of hydrazone groups is 1. The molecule has 29 heavy (non-hydrogen) atoms. The van der Waals surface area contributed by atoms with E-state index in [1.54, 1.807) is 17.0 Å². The summed E-state index contributed by atoms with van der Waals surface area (Å²) in [5, 5.41) is 7.27. The number of piperazine rings is 1. The molecule has 3 unspecified atom stereocenters. The van der Waals surface area contributed by atoms with Gasteiger partial charge in [0, 0.05) is 13.0 Å². The van der Waals surface area contributed by atoms with Gasteiger partial charge in [-0.3, -0.25) is 15.0 Å². The van der Waals surface area contributed by atoms with E-state index in [0.717, 1.165) is 49.9 Å². The van der Waals surface area contributed by atoms with Crippen molar-refractivity contribution in [2.24, 2.45) is 5.10 Å². The Kier molecular flexibility index (Phi) is 5.69. The zero-order chi connectivity index (χ0) is 20.4. The highest BCUT2D eigenvalue weighted by Gasteiger charge is 2.50. The van der Waals surface area contributed by atoms with E-state index in [1.807, 2.05) is 0 Å². The molecule has 2 N–H and O–H groups in total. The second-order valence-corrected chi connectivity index (χ2v) is 8.01. The molecule has 2 heterocycles. The standard InChI is InChI=1S/C21H28FN5O2/c1-2-5-18-24-25-20-21(29)26(16-6-3-4-7-17(16)27(18)20)13-19(28)23-12-14-8-10-15(22)11-9-14/h8-11,16-17,20,25H,2-7,12-13H2,1H3,(H,23,28). The summed E-state index contributed by atoms with van der Waals surface area (Å²) in [7, 11) is 0. The first-order valence-corrected chi connectivity index (χ1v) is 10.5. The molecule has 3 aliphatic rings. The second kappa shape index (κ2) is 8.39. The minimum absolute atomic E-state index is 0.0334. The molecule has 1 aromatic rings. The van der Waals surface area contributed by atoms with Gasteiger partial charge in [-0.1, -0.05) is 31.9 Å². The van der Waals surface area contributed by atoms with Crippen molar-refractivity contribution >= 4 is 17.6 Å². The van der Waals surface area contributed by atoms with Gasteiger partial charge in [0.1, 0.15) is 18.2 Å². The van der Waals surface area contributed by atoms with Gasteiger partial charge >= 0.3 is 0 Å². The minimum atomic E-state index is -0.499. The zero-order valence-electron chi connectivity index (χ0n) is 16.7. The molecule has 2 amide bonds. The molecule has 0 aromatic heterocycles. The van der Waals surface area contributed by atoms with E-state index in [1.165, 1.54) is 12.1 Å². The fourth-order valence-corrected chi connectivity index (χ4v) is 4.68. The van der Waals surface area contributed by atoms with Gasteiger partial charge in [0.2, 0.25) is 5.91 Å². The Morgan fingerprint density at radius 1 is 1.24 bits per heavy atom. The molecule has 1 aromatic carbocycles. The Balaban J connectivity index is 1.44. The van der Waals surface area contributed by atoms with E-state index < -0.39 is 6.17 Å². The number of amidine groups is 1. The van der Waals surface area contributed by atoms with Gasteiger partial charge in [0.15, 0.2) is 6.17 Å². The summed E-state index contributed by atoms with van der Waals surface area (Å²) in [6.45, 7) is 2.46. The third-order valence-electron chi connectivity index (χ3n) is 6.05. The van der Waals surface area contributed by atoms with E-state index in [9.17, 15) is 14.0 Å². The molecule has 0 bridgehead atoms. The number of carbonyl (C=O) groups excluding carboxylic acids is 2. The highest BCUT2D eigenvalue weighted by molar-refractivity contribution is 5.95. The van der Waals surface area contributed by atoms with Crippen LogP contribution in [-0.2, 0) is 16.1 Å². The summed E-state index contributed by atoms with van der Waals surface area (Å²) < 4.78 is 13.0. The summed E-state index contributed by atoms with van der Waals surface area (Å²) in [5.41, 5.74) is 3.82. The first-order chi connectivity index (χ1) is 14.1. The number of rotatable bonds is 6.